The average molecular weight is 320 g/mol. The van der Waals surface area contributed by atoms with E-state index >= 15 is 0 Å². The molecule has 0 aromatic heterocycles. The predicted octanol–water partition coefficient (Wildman–Crippen LogP) is 1.88. The van der Waals surface area contributed by atoms with E-state index in [9.17, 15) is 15.0 Å². The van der Waals surface area contributed by atoms with Gasteiger partial charge in [0.15, 0.2) is 0 Å². The Labute approximate surface area is 138 Å². The van der Waals surface area contributed by atoms with E-state index in [-0.39, 0.29) is 17.6 Å². The van der Waals surface area contributed by atoms with Crippen LogP contribution in [0, 0.1) is 5.92 Å². The molecule has 0 radical (unpaired) electrons. The quantitative estimate of drug-likeness (QED) is 0.748. The van der Waals surface area contributed by atoms with Crippen molar-refractivity contribution in [2.24, 2.45) is 5.92 Å². The fourth-order valence-corrected chi connectivity index (χ4v) is 2.91. The highest BCUT2D eigenvalue weighted by molar-refractivity contribution is 5.78. The van der Waals surface area contributed by atoms with E-state index in [1.807, 2.05) is 12.1 Å². The van der Waals surface area contributed by atoms with Crippen molar-refractivity contribution in [1.82, 2.24) is 10.2 Å². The molecule has 1 atom stereocenters. The van der Waals surface area contributed by atoms with E-state index in [0.717, 1.165) is 38.0 Å². The maximum absolute atomic E-state index is 12.3. The van der Waals surface area contributed by atoms with Crippen molar-refractivity contribution in [1.29, 1.82) is 0 Å². The van der Waals surface area contributed by atoms with Crippen LogP contribution in [0.25, 0.3) is 0 Å². The van der Waals surface area contributed by atoms with Crippen LogP contribution in [0.4, 0.5) is 0 Å². The molecule has 0 aliphatic carbocycles. The monoisotopic (exact) mass is 320 g/mol. The van der Waals surface area contributed by atoms with Gasteiger partial charge >= 0.3 is 0 Å². The van der Waals surface area contributed by atoms with Crippen molar-refractivity contribution < 1.29 is 15.0 Å². The Morgan fingerprint density at radius 3 is 2.70 bits per heavy atom. The molecule has 5 nitrogen and oxygen atoms in total. The highest BCUT2D eigenvalue weighted by atomic mass is 16.3. The van der Waals surface area contributed by atoms with E-state index in [4.69, 9.17) is 0 Å². The van der Waals surface area contributed by atoms with Gasteiger partial charge in [0.2, 0.25) is 5.91 Å². The number of phenolic OH excluding ortho intramolecular Hbond substituents is 1. The molecule has 2 rings (SSSR count). The highest BCUT2D eigenvalue weighted by Crippen LogP contribution is 2.20. The van der Waals surface area contributed by atoms with E-state index < -0.39 is 5.60 Å². The number of nitrogens with one attached hydrogen (secondary N) is 1. The zero-order chi connectivity index (χ0) is 16.9. The average Bonchev–Trinajstić information content (AvgIpc) is 2.48. The van der Waals surface area contributed by atoms with Crippen LogP contribution < -0.4 is 5.32 Å². The summed E-state index contributed by atoms with van der Waals surface area (Å²) in [5, 5.41) is 22.0. The minimum atomic E-state index is -0.745. The molecule has 1 aliphatic rings. The van der Waals surface area contributed by atoms with Crippen LogP contribution in [0.1, 0.15) is 38.7 Å². The lowest BCUT2D eigenvalue weighted by Gasteiger charge is -2.32. The first-order valence-electron chi connectivity index (χ1n) is 8.34. The fourth-order valence-electron chi connectivity index (χ4n) is 2.91. The van der Waals surface area contributed by atoms with Gasteiger partial charge in [-0.2, -0.15) is 0 Å². The Bertz CT molecular complexity index is 508. The molecule has 3 N–H and O–H groups in total. The normalized spacial score (nSPS) is 19.5. The largest absolute Gasteiger partial charge is 0.508 e. The first kappa shape index (κ1) is 17.8. The van der Waals surface area contributed by atoms with Gasteiger partial charge in [0.05, 0.1) is 11.5 Å². The lowest BCUT2D eigenvalue weighted by Crippen LogP contribution is -2.43. The van der Waals surface area contributed by atoms with E-state index in [0.29, 0.717) is 13.0 Å². The van der Waals surface area contributed by atoms with Crippen molar-refractivity contribution in [3.05, 3.63) is 29.8 Å². The Balaban J connectivity index is 1.80. The Kier molecular flexibility index (Phi) is 6.02. The van der Waals surface area contributed by atoms with Crippen LogP contribution in [-0.2, 0) is 11.3 Å². The molecule has 0 spiro atoms. The summed E-state index contributed by atoms with van der Waals surface area (Å²) in [5.74, 6) is 0.379. The zero-order valence-electron chi connectivity index (χ0n) is 14.1. The maximum Gasteiger partial charge on any atom is 0.224 e. The minimum absolute atomic E-state index is 0.0164. The summed E-state index contributed by atoms with van der Waals surface area (Å²) in [6.07, 6.45) is 2.49. The van der Waals surface area contributed by atoms with Gasteiger partial charge in [0, 0.05) is 19.6 Å². The molecule has 1 aromatic rings. The number of piperidine rings is 1. The first-order chi connectivity index (χ1) is 10.8. The van der Waals surface area contributed by atoms with Crippen molar-refractivity contribution in [3.8, 4) is 5.75 Å². The third-order valence-electron chi connectivity index (χ3n) is 4.25. The number of hydrogen-bond donors (Lipinski definition) is 3. The molecule has 1 aromatic carbocycles. The van der Waals surface area contributed by atoms with E-state index in [2.05, 4.69) is 10.2 Å². The van der Waals surface area contributed by atoms with Crippen LogP contribution in [0.5, 0.6) is 5.75 Å². The molecule has 1 fully saturated rings. The van der Waals surface area contributed by atoms with Crippen LogP contribution in [0.2, 0.25) is 0 Å². The molecule has 0 bridgehead atoms. The fraction of sp³-hybridized carbons (Fsp3) is 0.611. The lowest BCUT2D eigenvalue weighted by atomic mass is 9.96. The van der Waals surface area contributed by atoms with Crippen LogP contribution in [0.3, 0.4) is 0 Å². The SMILES string of the molecule is CC(C)(O)CCNC(=O)C1CCCN(Cc2ccc(O)cc2)C1. The second kappa shape index (κ2) is 7.79. The van der Waals surface area contributed by atoms with E-state index in [1.54, 1.807) is 26.0 Å². The number of carbonyl (C=O) groups excluding carboxylic acids is 1. The third kappa shape index (κ3) is 6.20. The Hall–Kier alpha value is -1.59. The van der Waals surface area contributed by atoms with Gasteiger partial charge in [-0.05, 0) is 57.4 Å². The Morgan fingerprint density at radius 1 is 1.35 bits per heavy atom. The number of nitrogens with zero attached hydrogens (tertiary/aromatic N) is 1. The molecule has 0 saturated carbocycles. The van der Waals surface area contributed by atoms with Gasteiger partial charge < -0.3 is 15.5 Å². The lowest BCUT2D eigenvalue weighted by molar-refractivity contribution is -0.126. The number of benzene rings is 1. The summed E-state index contributed by atoms with van der Waals surface area (Å²) >= 11 is 0. The van der Waals surface area contributed by atoms with Gasteiger partial charge in [-0.15, -0.1) is 0 Å². The number of phenols is 1. The summed E-state index contributed by atoms with van der Waals surface area (Å²) in [7, 11) is 0. The summed E-state index contributed by atoms with van der Waals surface area (Å²) < 4.78 is 0. The number of amides is 1. The second-order valence-corrected chi connectivity index (χ2v) is 7.09. The topological polar surface area (TPSA) is 72.8 Å². The second-order valence-electron chi connectivity index (χ2n) is 7.09. The molecule has 1 heterocycles. The molecule has 1 saturated heterocycles. The summed E-state index contributed by atoms with van der Waals surface area (Å²) in [6.45, 7) is 6.56. The van der Waals surface area contributed by atoms with Gasteiger partial charge in [-0.25, -0.2) is 0 Å². The maximum atomic E-state index is 12.3. The van der Waals surface area contributed by atoms with Gasteiger partial charge in [-0.1, -0.05) is 12.1 Å². The van der Waals surface area contributed by atoms with Crippen molar-refractivity contribution in [2.75, 3.05) is 19.6 Å². The minimum Gasteiger partial charge on any atom is -0.508 e. The molecular weight excluding hydrogens is 292 g/mol. The van der Waals surface area contributed by atoms with Crippen LogP contribution in [-0.4, -0.2) is 46.3 Å². The zero-order valence-corrected chi connectivity index (χ0v) is 14.1. The van der Waals surface area contributed by atoms with Gasteiger partial charge in [0.25, 0.3) is 0 Å². The molecule has 1 amide bonds. The third-order valence-corrected chi connectivity index (χ3v) is 4.25. The number of aliphatic hydroxyl groups is 1. The number of aromatic hydroxyl groups is 1. The van der Waals surface area contributed by atoms with Gasteiger partial charge in [0.1, 0.15) is 5.75 Å². The predicted molar refractivity (Wildman–Crippen MR) is 90.0 cm³/mol. The number of hydrogen-bond acceptors (Lipinski definition) is 4. The summed E-state index contributed by atoms with van der Waals surface area (Å²) in [5.41, 5.74) is 0.399. The van der Waals surface area contributed by atoms with E-state index in [1.165, 1.54) is 0 Å². The molecule has 5 heteroatoms. The van der Waals surface area contributed by atoms with Crippen molar-refractivity contribution in [3.63, 3.8) is 0 Å². The van der Waals surface area contributed by atoms with Crippen LogP contribution in [0.15, 0.2) is 24.3 Å². The molecular formula is C18H28N2O3. The standard InChI is InChI=1S/C18H28N2O3/c1-18(2,23)9-10-19-17(22)15-4-3-11-20(13-15)12-14-5-7-16(21)8-6-14/h5-8,15,21,23H,3-4,9-13H2,1-2H3,(H,19,22). The van der Waals surface area contributed by atoms with Crippen molar-refractivity contribution in [2.45, 2.75) is 45.3 Å². The highest BCUT2D eigenvalue weighted by Gasteiger charge is 2.26. The molecule has 1 aliphatic heterocycles. The summed E-state index contributed by atoms with van der Waals surface area (Å²) in [6, 6.07) is 7.23. The molecule has 128 valence electrons. The number of likely N-dealkylation sites (tertiary alicyclic amines) is 1. The smallest absolute Gasteiger partial charge is 0.224 e. The van der Waals surface area contributed by atoms with Crippen molar-refractivity contribution >= 4 is 5.91 Å². The van der Waals surface area contributed by atoms with Crippen LogP contribution >= 0.6 is 0 Å². The molecule has 23 heavy (non-hydrogen) atoms. The first-order valence-corrected chi connectivity index (χ1v) is 8.34. The van der Waals surface area contributed by atoms with Gasteiger partial charge in [-0.3, -0.25) is 9.69 Å². The Morgan fingerprint density at radius 2 is 2.04 bits per heavy atom. The summed E-state index contributed by atoms with van der Waals surface area (Å²) in [4.78, 5) is 14.6. The number of rotatable bonds is 6. The molecule has 1 unspecified atom stereocenters. The number of carbonyl (C=O) groups is 1.